The number of aryl methyl sites for hydroxylation is 2. The molecule has 0 aromatic heterocycles. The van der Waals surface area contributed by atoms with E-state index in [-0.39, 0.29) is 0 Å². The Labute approximate surface area is 164 Å². The maximum Gasteiger partial charge on any atom is -0.00213 e. The monoisotopic (exact) mass is 356 g/mol. The third kappa shape index (κ3) is 2.00. The molecule has 0 heteroatoms. The molecule has 6 aromatic rings. The molecule has 28 heavy (non-hydrogen) atoms. The number of hydrogen-bond donors (Lipinski definition) is 0. The highest BCUT2D eigenvalue weighted by Gasteiger charge is 2.13. The Kier molecular flexibility index (Phi) is 3.11. The average molecular weight is 356 g/mol. The van der Waals surface area contributed by atoms with Gasteiger partial charge in [0, 0.05) is 0 Å². The van der Waals surface area contributed by atoms with Gasteiger partial charge in [0.05, 0.1) is 0 Å². The molecular formula is C28H20. The molecule has 132 valence electrons. The van der Waals surface area contributed by atoms with Crippen molar-refractivity contribution < 1.29 is 0 Å². The summed E-state index contributed by atoms with van der Waals surface area (Å²) in [4.78, 5) is 0. The largest absolute Gasteiger partial charge is 0.0616 e. The lowest BCUT2D eigenvalue weighted by Crippen LogP contribution is -1.90. The Bertz CT molecular complexity index is 1570. The molecule has 0 bridgehead atoms. The van der Waals surface area contributed by atoms with Crippen LogP contribution in [0.15, 0.2) is 84.9 Å². The minimum absolute atomic E-state index is 1.30. The van der Waals surface area contributed by atoms with E-state index in [1.807, 2.05) is 0 Å². The van der Waals surface area contributed by atoms with Gasteiger partial charge < -0.3 is 0 Å². The van der Waals surface area contributed by atoms with E-state index < -0.39 is 0 Å². The van der Waals surface area contributed by atoms with Gasteiger partial charge >= 0.3 is 0 Å². The maximum absolute atomic E-state index is 2.39. The summed E-state index contributed by atoms with van der Waals surface area (Å²) >= 11 is 0. The standard InChI is InChI=1S/C28H20/c1-17-15-26-24-14-12-19-7-3-5-9-22(19)25(24)16-18(2)27(26)28-21(17)13-11-20-8-4-6-10-23(20)28/h3-16H,1-2H3. The lowest BCUT2D eigenvalue weighted by molar-refractivity contribution is 1.54. The summed E-state index contributed by atoms with van der Waals surface area (Å²) in [6.45, 7) is 4.51. The van der Waals surface area contributed by atoms with E-state index in [1.165, 1.54) is 65.0 Å². The Hall–Kier alpha value is -3.38. The van der Waals surface area contributed by atoms with Crippen LogP contribution in [0.3, 0.4) is 0 Å². The second kappa shape index (κ2) is 5.56. The Morgan fingerprint density at radius 3 is 1.79 bits per heavy atom. The van der Waals surface area contributed by atoms with E-state index in [0.29, 0.717) is 0 Å². The normalized spacial score (nSPS) is 11.9. The van der Waals surface area contributed by atoms with Gasteiger partial charge in [-0.3, -0.25) is 0 Å². The maximum atomic E-state index is 2.39. The Morgan fingerprint density at radius 1 is 0.393 bits per heavy atom. The van der Waals surface area contributed by atoms with Crippen molar-refractivity contribution in [3.8, 4) is 0 Å². The van der Waals surface area contributed by atoms with Gasteiger partial charge in [-0.15, -0.1) is 0 Å². The molecule has 0 aliphatic heterocycles. The first kappa shape index (κ1) is 15.7. The molecule has 0 atom stereocenters. The fourth-order valence-corrected chi connectivity index (χ4v) is 4.97. The van der Waals surface area contributed by atoms with E-state index in [0.717, 1.165) is 0 Å². The minimum atomic E-state index is 1.30. The predicted molar refractivity (Wildman–Crippen MR) is 123 cm³/mol. The van der Waals surface area contributed by atoms with Gasteiger partial charge in [0.1, 0.15) is 0 Å². The van der Waals surface area contributed by atoms with Crippen molar-refractivity contribution in [2.75, 3.05) is 0 Å². The molecule has 6 rings (SSSR count). The summed E-state index contributed by atoms with van der Waals surface area (Å²) in [6.07, 6.45) is 0. The minimum Gasteiger partial charge on any atom is -0.0616 e. The van der Waals surface area contributed by atoms with E-state index in [2.05, 4.69) is 98.8 Å². The van der Waals surface area contributed by atoms with Gasteiger partial charge in [-0.2, -0.15) is 0 Å². The van der Waals surface area contributed by atoms with Crippen LogP contribution in [0.5, 0.6) is 0 Å². The third-order valence-electron chi connectivity index (χ3n) is 6.25. The fourth-order valence-electron chi connectivity index (χ4n) is 4.97. The molecule has 0 aliphatic rings. The molecule has 0 saturated heterocycles. The molecule has 0 amide bonds. The lowest BCUT2D eigenvalue weighted by Gasteiger charge is -2.16. The SMILES string of the molecule is Cc1cc2c3ccc4ccccc4c3cc(C)c2c2c1ccc1ccccc12. The zero-order valence-corrected chi connectivity index (χ0v) is 16.1. The molecule has 0 N–H and O–H groups in total. The first-order chi connectivity index (χ1) is 13.7. The molecule has 0 heterocycles. The van der Waals surface area contributed by atoms with Crippen molar-refractivity contribution >= 4 is 53.9 Å². The van der Waals surface area contributed by atoms with Gasteiger partial charge in [-0.1, -0.05) is 84.9 Å². The third-order valence-corrected chi connectivity index (χ3v) is 6.25. The van der Waals surface area contributed by atoms with Gasteiger partial charge in [0.2, 0.25) is 0 Å². The summed E-state index contributed by atoms with van der Waals surface area (Å²) in [5, 5.41) is 13.5. The first-order valence-corrected chi connectivity index (χ1v) is 9.88. The van der Waals surface area contributed by atoms with Crippen molar-refractivity contribution in [2.24, 2.45) is 0 Å². The molecule has 0 nitrogen and oxygen atoms in total. The first-order valence-electron chi connectivity index (χ1n) is 9.88. The molecule has 0 radical (unpaired) electrons. The van der Waals surface area contributed by atoms with E-state index in [1.54, 1.807) is 0 Å². The highest BCUT2D eigenvalue weighted by Crippen LogP contribution is 2.40. The zero-order chi connectivity index (χ0) is 18.8. The Balaban J connectivity index is 1.95. The summed E-state index contributed by atoms with van der Waals surface area (Å²) in [5.41, 5.74) is 2.69. The molecule has 0 unspecified atom stereocenters. The van der Waals surface area contributed by atoms with Crippen LogP contribution in [0.1, 0.15) is 11.1 Å². The van der Waals surface area contributed by atoms with Crippen molar-refractivity contribution in [2.45, 2.75) is 13.8 Å². The predicted octanol–water partition coefficient (Wildman–Crippen LogP) is 8.07. The smallest absolute Gasteiger partial charge is 0.00213 e. The van der Waals surface area contributed by atoms with E-state index >= 15 is 0 Å². The molecule has 0 saturated carbocycles. The zero-order valence-electron chi connectivity index (χ0n) is 16.1. The van der Waals surface area contributed by atoms with Gasteiger partial charge in [-0.05, 0) is 78.8 Å². The molecular weight excluding hydrogens is 336 g/mol. The van der Waals surface area contributed by atoms with Crippen LogP contribution in [0.25, 0.3) is 53.9 Å². The van der Waals surface area contributed by atoms with Crippen LogP contribution in [0, 0.1) is 13.8 Å². The van der Waals surface area contributed by atoms with Crippen molar-refractivity contribution in [3.63, 3.8) is 0 Å². The van der Waals surface area contributed by atoms with Gasteiger partial charge in [-0.25, -0.2) is 0 Å². The van der Waals surface area contributed by atoms with Crippen LogP contribution in [0.2, 0.25) is 0 Å². The summed E-state index contributed by atoms with van der Waals surface area (Å²) in [7, 11) is 0. The van der Waals surface area contributed by atoms with E-state index in [9.17, 15) is 0 Å². The molecule has 6 aromatic carbocycles. The number of fused-ring (bicyclic) bond motifs is 9. The molecule has 0 aliphatic carbocycles. The Morgan fingerprint density at radius 2 is 1.00 bits per heavy atom. The summed E-state index contributed by atoms with van der Waals surface area (Å²) < 4.78 is 0. The summed E-state index contributed by atoms with van der Waals surface area (Å²) in [6, 6.07) is 31.3. The quantitative estimate of drug-likeness (QED) is 0.241. The summed E-state index contributed by atoms with van der Waals surface area (Å²) in [5.74, 6) is 0. The molecule has 0 fully saturated rings. The van der Waals surface area contributed by atoms with Crippen LogP contribution in [0.4, 0.5) is 0 Å². The topological polar surface area (TPSA) is 0 Å². The number of rotatable bonds is 0. The number of benzene rings is 6. The van der Waals surface area contributed by atoms with Crippen molar-refractivity contribution in [3.05, 3.63) is 96.1 Å². The van der Waals surface area contributed by atoms with Crippen molar-refractivity contribution in [1.82, 2.24) is 0 Å². The second-order valence-corrected chi connectivity index (χ2v) is 7.90. The average Bonchev–Trinajstić information content (AvgIpc) is 2.73. The highest BCUT2D eigenvalue weighted by molar-refractivity contribution is 6.28. The fraction of sp³-hybridized carbons (Fsp3) is 0.0714. The molecule has 0 spiro atoms. The van der Waals surface area contributed by atoms with E-state index in [4.69, 9.17) is 0 Å². The van der Waals surface area contributed by atoms with Crippen molar-refractivity contribution in [1.29, 1.82) is 0 Å². The van der Waals surface area contributed by atoms with Gasteiger partial charge in [0.25, 0.3) is 0 Å². The van der Waals surface area contributed by atoms with Crippen LogP contribution >= 0.6 is 0 Å². The van der Waals surface area contributed by atoms with Crippen LogP contribution in [-0.4, -0.2) is 0 Å². The highest BCUT2D eigenvalue weighted by atomic mass is 14.2. The number of hydrogen-bond acceptors (Lipinski definition) is 0. The lowest BCUT2D eigenvalue weighted by atomic mass is 9.88. The second-order valence-electron chi connectivity index (χ2n) is 7.90. The van der Waals surface area contributed by atoms with Crippen LogP contribution in [-0.2, 0) is 0 Å². The van der Waals surface area contributed by atoms with Gasteiger partial charge in [0.15, 0.2) is 0 Å². The van der Waals surface area contributed by atoms with Crippen LogP contribution < -0.4 is 0 Å².